The third-order valence-corrected chi connectivity index (χ3v) is 3.86. The van der Waals surface area contributed by atoms with E-state index in [1.807, 2.05) is 19.1 Å². The molecule has 1 atom stereocenters. The molecule has 0 saturated carbocycles. The highest BCUT2D eigenvalue weighted by Gasteiger charge is 2.25. The minimum absolute atomic E-state index is 0.126. The number of carbonyl (C=O) groups excluding carboxylic acids is 2. The first kappa shape index (κ1) is 20.4. The molecule has 0 aromatic heterocycles. The van der Waals surface area contributed by atoms with E-state index in [0.29, 0.717) is 12.4 Å². The van der Waals surface area contributed by atoms with Crippen molar-refractivity contribution in [3.05, 3.63) is 28.2 Å². The lowest BCUT2D eigenvalue weighted by atomic mass is 10.2. The minimum atomic E-state index is -0.740. The van der Waals surface area contributed by atoms with Crippen LogP contribution in [0.25, 0.3) is 0 Å². The van der Waals surface area contributed by atoms with Crippen molar-refractivity contribution in [2.24, 2.45) is 0 Å². The normalized spacial score (nSPS) is 11.7. The second-order valence-corrected chi connectivity index (χ2v) is 6.11. The Hall–Kier alpha value is -1.60. The molecule has 1 aromatic rings. The zero-order chi connectivity index (χ0) is 18.1. The van der Waals surface area contributed by atoms with Gasteiger partial charge in [-0.3, -0.25) is 9.59 Å². The average Bonchev–Trinajstić information content (AvgIpc) is 2.53. The molecular weight excluding hydrogens is 378 g/mol. The summed E-state index contributed by atoms with van der Waals surface area (Å²) in [5, 5.41) is 0. The third kappa shape index (κ3) is 6.49. The van der Waals surface area contributed by atoms with Gasteiger partial charge in [0.2, 0.25) is 0 Å². The van der Waals surface area contributed by atoms with Crippen LogP contribution >= 0.6 is 15.9 Å². The molecule has 0 heterocycles. The molecule has 1 amide bonds. The molecule has 0 aliphatic heterocycles. The van der Waals surface area contributed by atoms with Gasteiger partial charge in [-0.05, 0) is 54.4 Å². The van der Waals surface area contributed by atoms with Crippen molar-refractivity contribution in [3.63, 3.8) is 0 Å². The Labute approximate surface area is 151 Å². The molecule has 0 spiro atoms. The Morgan fingerprint density at radius 3 is 2.62 bits per heavy atom. The van der Waals surface area contributed by atoms with E-state index in [0.717, 1.165) is 10.0 Å². The monoisotopic (exact) mass is 401 g/mol. The number of carbonyl (C=O) groups is 2. The van der Waals surface area contributed by atoms with Crippen LogP contribution in [0.2, 0.25) is 0 Å². The Balaban J connectivity index is 2.77. The van der Waals surface area contributed by atoms with E-state index in [1.54, 1.807) is 19.9 Å². The maximum absolute atomic E-state index is 12.6. The second-order valence-electron chi connectivity index (χ2n) is 5.25. The molecule has 134 valence electrons. The molecule has 0 aliphatic rings. The molecule has 6 nitrogen and oxygen atoms in total. The van der Waals surface area contributed by atoms with E-state index >= 15 is 0 Å². The van der Waals surface area contributed by atoms with E-state index in [4.69, 9.17) is 14.2 Å². The van der Waals surface area contributed by atoms with E-state index in [9.17, 15) is 9.59 Å². The van der Waals surface area contributed by atoms with Crippen LogP contribution in [-0.4, -0.2) is 56.3 Å². The van der Waals surface area contributed by atoms with Gasteiger partial charge < -0.3 is 19.1 Å². The van der Waals surface area contributed by atoms with Crippen molar-refractivity contribution >= 4 is 27.8 Å². The summed E-state index contributed by atoms with van der Waals surface area (Å²) in [5.74, 6) is -0.178. The highest BCUT2D eigenvalue weighted by Crippen LogP contribution is 2.26. The van der Waals surface area contributed by atoms with Gasteiger partial charge in [-0.25, -0.2) is 0 Å². The van der Waals surface area contributed by atoms with Crippen molar-refractivity contribution in [1.29, 1.82) is 0 Å². The smallest absolute Gasteiger partial charge is 0.325 e. The Kier molecular flexibility index (Phi) is 8.78. The summed E-state index contributed by atoms with van der Waals surface area (Å²) in [6.07, 6.45) is -0.740. The van der Waals surface area contributed by atoms with Gasteiger partial charge in [-0.1, -0.05) is 6.07 Å². The lowest BCUT2D eigenvalue weighted by molar-refractivity contribution is -0.151. The van der Waals surface area contributed by atoms with Crippen LogP contribution in [0.4, 0.5) is 0 Å². The van der Waals surface area contributed by atoms with Gasteiger partial charge in [0.15, 0.2) is 6.10 Å². The van der Waals surface area contributed by atoms with Crippen LogP contribution in [0.5, 0.6) is 5.75 Å². The maximum Gasteiger partial charge on any atom is 0.325 e. The number of rotatable bonds is 9. The summed E-state index contributed by atoms with van der Waals surface area (Å²) >= 11 is 3.42. The summed E-state index contributed by atoms with van der Waals surface area (Å²) in [5.41, 5.74) is 1.08. The van der Waals surface area contributed by atoms with Gasteiger partial charge in [0.05, 0.1) is 17.7 Å². The van der Waals surface area contributed by atoms with E-state index in [2.05, 4.69) is 15.9 Å². The molecule has 0 bridgehead atoms. The molecule has 0 saturated heterocycles. The van der Waals surface area contributed by atoms with E-state index in [1.165, 1.54) is 12.0 Å². The van der Waals surface area contributed by atoms with Crippen molar-refractivity contribution in [1.82, 2.24) is 4.90 Å². The number of benzene rings is 1. The van der Waals surface area contributed by atoms with E-state index < -0.39 is 12.1 Å². The fourth-order valence-corrected chi connectivity index (χ4v) is 2.62. The number of nitrogens with zero attached hydrogens (tertiary/aromatic N) is 1. The molecule has 0 radical (unpaired) electrons. The van der Waals surface area contributed by atoms with Gasteiger partial charge in [-0.15, -0.1) is 0 Å². The first-order valence-corrected chi connectivity index (χ1v) is 8.54. The van der Waals surface area contributed by atoms with Gasteiger partial charge in [0, 0.05) is 13.7 Å². The summed E-state index contributed by atoms with van der Waals surface area (Å²) in [6, 6.07) is 5.61. The minimum Gasteiger partial charge on any atom is -0.480 e. The number of ether oxygens (including phenoxy) is 3. The average molecular weight is 402 g/mol. The highest BCUT2D eigenvalue weighted by molar-refractivity contribution is 9.10. The first-order chi connectivity index (χ1) is 11.4. The largest absolute Gasteiger partial charge is 0.480 e. The SMILES string of the molecule is CCOC(=O)CN(CCOC)C(=O)C(C)Oc1ccc(C)cc1Br. The maximum atomic E-state index is 12.6. The number of hydrogen-bond donors (Lipinski definition) is 0. The topological polar surface area (TPSA) is 65.1 Å². The molecule has 1 aromatic carbocycles. The number of methoxy groups -OCH3 is 1. The fourth-order valence-electron chi connectivity index (χ4n) is 2.03. The molecular formula is C17H24BrNO5. The molecule has 0 fully saturated rings. The summed E-state index contributed by atoms with van der Waals surface area (Å²) in [7, 11) is 1.54. The van der Waals surface area contributed by atoms with Crippen LogP contribution in [-0.2, 0) is 19.1 Å². The quantitative estimate of drug-likeness (QED) is 0.594. The van der Waals surface area contributed by atoms with Gasteiger partial charge >= 0.3 is 5.97 Å². The predicted molar refractivity (Wildman–Crippen MR) is 94.1 cm³/mol. The Morgan fingerprint density at radius 1 is 1.33 bits per heavy atom. The predicted octanol–water partition coefficient (Wildman–Crippen LogP) is 2.56. The summed E-state index contributed by atoms with van der Waals surface area (Å²) < 4.78 is 16.4. The van der Waals surface area contributed by atoms with Crippen LogP contribution in [0.15, 0.2) is 22.7 Å². The van der Waals surface area contributed by atoms with Gasteiger partial charge in [-0.2, -0.15) is 0 Å². The standard InChI is InChI=1S/C17H24BrNO5/c1-5-23-16(20)11-19(8-9-22-4)17(21)13(3)24-15-7-6-12(2)10-14(15)18/h6-7,10,13H,5,8-9,11H2,1-4H3. The lowest BCUT2D eigenvalue weighted by Crippen LogP contribution is -2.45. The fraction of sp³-hybridized carbons (Fsp3) is 0.529. The first-order valence-electron chi connectivity index (χ1n) is 7.75. The van der Waals surface area contributed by atoms with Crippen molar-refractivity contribution in [3.8, 4) is 5.75 Å². The molecule has 1 rings (SSSR count). The molecule has 1 unspecified atom stereocenters. The number of amides is 1. The van der Waals surface area contributed by atoms with Gasteiger partial charge in [0.25, 0.3) is 5.91 Å². The van der Waals surface area contributed by atoms with Gasteiger partial charge in [0.1, 0.15) is 12.3 Å². The number of esters is 1. The van der Waals surface area contributed by atoms with Crippen molar-refractivity contribution in [2.45, 2.75) is 26.9 Å². The third-order valence-electron chi connectivity index (χ3n) is 3.24. The zero-order valence-corrected chi connectivity index (χ0v) is 16.1. The number of halogens is 1. The molecule has 7 heteroatoms. The molecule has 0 aliphatic carbocycles. The lowest BCUT2D eigenvalue weighted by Gasteiger charge is -2.25. The number of aryl methyl sites for hydroxylation is 1. The van der Waals surface area contributed by atoms with E-state index in [-0.39, 0.29) is 25.6 Å². The molecule has 24 heavy (non-hydrogen) atoms. The van der Waals surface area contributed by atoms with Crippen LogP contribution in [0, 0.1) is 6.92 Å². The zero-order valence-electron chi connectivity index (χ0n) is 14.5. The highest BCUT2D eigenvalue weighted by atomic mass is 79.9. The summed E-state index contributed by atoms with van der Waals surface area (Å²) in [4.78, 5) is 25.7. The van der Waals surface area contributed by atoms with Crippen molar-refractivity contribution in [2.75, 3.05) is 33.4 Å². The molecule has 0 N–H and O–H groups in total. The van der Waals surface area contributed by atoms with Crippen molar-refractivity contribution < 1.29 is 23.8 Å². The van der Waals surface area contributed by atoms with Crippen LogP contribution in [0.1, 0.15) is 19.4 Å². The van der Waals surface area contributed by atoms with Crippen LogP contribution in [0.3, 0.4) is 0 Å². The number of hydrogen-bond acceptors (Lipinski definition) is 5. The Bertz CT molecular complexity index is 564. The van der Waals surface area contributed by atoms with Crippen LogP contribution < -0.4 is 4.74 Å². The summed E-state index contributed by atoms with van der Waals surface area (Å²) in [6.45, 7) is 6.10. The second kappa shape index (κ2) is 10.3. The Morgan fingerprint density at radius 2 is 2.04 bits per heavy atom.